The fraction of sp³-hybridized carbons (Fsp3) is 0.333. The van der Waals surface area contributed by atoms with Crippen LogP contribution in [0.2, 0.25) is 0 Å². The summed E-state index contributed by atoms with van der Waals surface area (Å²) in [4.78, 5) is 2.17. The number of rotatable bonds is 10. The molecule has 0 aliphatic carbocycles. The highest BCUT2D eigenvalue weighted by molar-refractivity contribution is 5.90. The zero-order valence-corrected chi connectivity index (χ0v) is 22.2. The van der Waals surface area contributed by atoms with Crippen LogP contribution in [0.1, 0.15) is 62.1 Å². The largest absolute Gasteiger partial charge is 0.378 e. The molecule has 5 aromatic rings. The van der Waals surface area contributed by atoms with Gasteiger partial charge in [0.05, 0.1) is 0 Å². The lowest BCUT2D eigenvalue weighted by Crippen LogP contribution is -2.09. The molecule has 0 fully saturated rings. The van der Waals surface area contributed by atoms with Crippen LogP contribution in [0.25, 0.3) is 21.8 Å². The van der Waals surface area contributed by atoms with Crippen molar-refractivity contribution in [2.45, 2.75) is 58.5 Å². The maximum atomic E-state index is 2.48. The Morgan fingerprint density at radius 2 is 1.11 bits per heavy atom. The number of aryl methyl sites for hydroxylation is 2. The summed E-state index contributed by atoms with van der Waals surface area (Å²) in [6, 6.07) is 27.1. The van der Waals surface area contributed by atoms with Gasteiger partial charge in [0.15, 0.2) is 0 Å². The number of benzene rings is 3. The van der Waals surface area contributed by atoms with Gasteiger partial charge in [-0.1, -0.05) is 75.2 Å². The van der Waals surface area contributed by atoms with Crippen molar-refractivity contribution in [3.63, 3.8) is 0 Å². The lowest BCUT2D eigenvalue weighted by molar-refractivity contribution is 0.645. The number of anilines is 1. The molecule has 186 valence electrons. The Hall–Kier alpha value is -3.46. The van der Waals surface area contributed by atoms with Crippen molar-refractivity contribution in [2.24, 2.45) is 0 Å². The van der Waals surface area contributed by atoms with E-state index in [2.05, 4.69) is 127 Å². The van der Waals surface area contributed by atoms with Crippen molar-refractivity contribution in [1.29, 1.82) is 0 Å². The number of aromatic nitrogens is 2. The smallest absolute Gasteiger partial charge is 0.0483 e. The van der Waals surface area contributed by atoms with E-state index in [1.54, 1.807) is 0 Å². The Kier molecular flexibility index (Phi) is 7.18. The number of hydrogen-bond donors (Lipinski definition) is 0. The zero-order valence-electron chi connectivity index (χ0n) is 22.2. The van der Waals surface area contributed by atoms with Crippen molar-refractivity contribution < 1.29 is 0 Å². The van der Waals surface area contributed by atoms with Gasteiger partial charge in [-0.15, -0.1) is 0 Å². The Balaban J connectivity index is 1.75. The molecule has 0 N–H and O–H groups in total. The van der Waals surface area contributed by atoms with Gasteiger partial charge in [0.25, 0.3) is 0 Å². The van der Waals surface area contributed by atoms with Gasteiger partial charge >= 0.3 is 0 Å². The minimum absolute atomic E-state index is 0.168. The molecule has 0 atom stereocenters. The van der Waals surface area contributed by atoms with Gasteiger partial charge in [-0.3, -0.25) is 0 Å². The number of para-hydroxylation sites is 2. The summed E-state index contributed by atoms with van der Waals surface area (Å²) in [6.07, 6.45) is 9.64. The third-order valence-corrected chi connectivity index (χ3v) is 7.51. The van der Waals surface area contributed by atoms with Crippen LogP contribution in [-0.4, -0.2) is 23.2 Å². The molecule has 36 heavy (non-hydrogen) atoms. The van der Waals surface area contributed by atoms with Crippen molar-refractivity contribution in [3.05, 3.63) is 102 Å². The molecule has 0 aliphatic heterocycles. The fourth-order valence-electron chi connectivity index (χ4n) is 5.53. The molecule has 0 saturated heterocycles. The highest BCUT2D eigenvalue weighted by Crippen LogP contribution is 2.41. The van der Waals surface area contributed by atoms with E-state index in [9.17, 15) is 0 Å². The van der Waals surface area contributed by atoms with Crippen molar-refractivity contribution in [2.75, 3.05) is 19.0 Å². The van der Waals surface area contributed by atoms with Gasteiger partial charge in [-0.2, -0.15) is 0 Å². The van der Waals surface area contributed by atoms with Crippen molar-refractivity contribution in [3.8, 4) is 0 Å². The van der Waals surface area contributed by atoms with E-state index in [4.69, 9.17) is 0 Å². The Morgan fingerprint density at radius 3 is 1.56 bits per heavy atom. The molecule has 2 aromatic heterocycles. The van der Waals surface area contributed by atoms with E-state index in [0.717, 1.165) is 13.1 Å². The van der Waals surface area contributed by atoms with Crippen LogP contribution in [0.3, 0.4) is 0 Å². The third-order valence-electron chi connectivity index (χ3n) is 7.51. The average Bonchev–Trinajstić information content (AvgIpc) is 3.46. The van der Waals surface area contributed by atoms with Crippen LogP contribution < -0.4 is 4.90 Å². The maximum Gasteiger partial charge on any atom is 0.0483 e. The van der Waals surface area contributed by atoms with E-state index >= 15 is 0 Å². The van der Waals surface area contributed by atoms with Gasteiger partial charge in [0.2, 0.25) is 0 Å². The summed E-state index contributed by atoms with van der Waals surface area (Å²) in [5.41, 5.74) is 8.05. The summed E-state index contributed by atoms with van der Waals surface area (Å²) in [5.74, 6) is 0.168. The van der Waals surface area contributed by atoms with Crippen molar-refractivity contribution in [1.82, 2.24) is 9.13 Å². The molecular formula is C33H39N3. The van der Waals surface area contributed by atoms with Crippen LogP contribution >= 0.6 is 0 Å². The minimum Gasteiger partial charge on any atom is -0.378 e. The molecule has 3 heteroatoms. The third kappa shape index (κ3) is 4.55. The Morgan fingerprint density at radius 1 is 0.639 bits per heavy atom. The summed E-state index contributed by atoms with van der Waals surface area (Å²) in [7, 11) is 4.21. The van der Waals surface area contributed by atoms with Crippen LogP contribution in [0, 0.1) is 0 Å². The maximum absolute atomic E-state index is 2.48. The predicted molar refractivity (Wildman–Crippen MR) is 155 cm³/mol. The Labute approximate surface area is 216 Å². The first kappa shape index (κ1) is 24.2. The average molecular weight is 478 g/mol. The number of hydrogen-bond acceptors (Lipinski definition) is 1. The summed E-state index contributed by atoms with van der Waals surface area (Å²) >= 11 is 0. The fourth-order valence-corrected chi connectivity index (χ4v) is 5.53. The van der Waals surface area contributed by atoms with Gasteiger partial charge in [0, 0.05) is 73.0 Å². The first-order valence-corrected chi connectivity index (χ1v) is 13.5. The summed E-state index contributed by atoms with van der Waals surface area (Å²) < 4.78 is 4.96. The zero-order chi connectivity index (χ0) is 25.1. The molecule has 3 aromatic carbocycles. The monoisotopic (exact) mass is 477 g/mol. The summed E-state index contributed by atoms with van der Waals surface area (Å²) in [5, 5.41) is 2.72. The molecule has 0 spiro atoms. The minimum atomic E-state index is 0.168. The molecule has 0 aliphatic rings. The number of fused-ring (bicyclic) bond motifs is 2. The predicted octanol–water partition coefficient (Wildman–Crippen LogP) is 8.44. The van der Waals surface area contributed by atoms with Gasteiger partial charge in [0.1, 0.15) is 0 Å². The highest BCUT2D eigenvalue weighted by Gasteiger charge is 2.25. The molecule has 0 unspecified atom stereocenters. The molecular weight excluding hydrogens is 438 g/mol. The summed E-state index contributed by atoms with van der Waals surface area (Å²) in [6.45, 7) is 6.66. The second kappa shape index (κ2) is 10.7. The van der Waals surface area contributed by atoms with E-state index in [0.29, 0.717) is 0 Å². The van der Waals surface area contributed by atoms with Crippen LogP contribution in [-0.2, 0) is 13.1 Å². The van der Waals surface area contributed by atoms with E-state index in [1.807, 2.05) is 0 Å². The first-order valence-electron chi connectivity index (χ1n) is 13.5. The van der Waals surface area contributed by atoms with Crippen LogP contribution in [0.15, 0.2) is 85.2 Å². The van der Waals surface area contributed by atoms with E-state index in [1.165, 1.54) is 69.9 Å². The standard InChI is InChI=1S/C33H39N3/c1-5-7-21-35-23-29(27-13-9-11-15-31(27)35)33(25-17-19-26(20-18-25)34(3)4)30-24-36(22-8-6-2)32-16-12-10-14-28(30)32/h9-20,23-24,33H,5-8,21-22H2,1-4H3. The topological polar surface area (TPSA) is 13.1 Å². The van der Waals surface area contributed by atoms with E-state index in [-0.39, 0.29) is 5.92 Å². The molecule has 0 saturated carbocycles. The second-order valence-corrected chi connectivity index (χ2v) is 10.2. The van der Waals surface area contributed by atoms with Gasteiger partial charge in [-0.05, 0) is 53.8 Å². The number of unbranched alkanes of at least 4 members (excludes halogenated alkanes) is 2. The van der Waals surface area contributed by atoms with Crippen molar-refractivity contribution >= 4 is 27.5 Å². The SMILES string of the molecule is CCCCn1cc(C(c2ccc(N(C)C)cc2)c2cn(CCCC)c3ccccc23)c2ccccc21. The second-order valence-electron chi connectivity index (χ2n) is 10.2. The molecule has 2 heterocycles. The van der Waals surface area contributed by atoms with Gasteiger partial charge in [-0.25, -0.2) is 0 Å². The molecule has 3 nitrogen and oxygen atoms in total. The first-order chi connectivity index (χ1) is 17.6. The Bertz CT molecular complexity index is 1350. The normalized spacial score (nSPS) is 11.7. The molecule has 0 radical (unpaired) electrons. The lowest BCUT2D eigenvalue weighted by Gasteiger charge is -2.19. The van der Waals surface area contributed by atoms with Gasteiger partial charge < -0.3 is 14.0 Å². The van der Waals surface area contributed by atoms with Crippen LogP contribution in [0.5, 0.6) is 0 Å². The molecule has 0 bridgehead atoms. The van der Waals surface area contributed by atoms with Crippen LogP contribution in [0.4, 0.5) is 5.69 Å². The quantitative estimate of drug-likeness (QED) is 0.197. The lowest BCUT2D eigenvalue weighted by atomic mass is 9.84. The molecule has 0 amide bonds. The van der Waals surface area contributed by atoms with E-state index < -0.39 is 0 Å². The molecule has 5 rings (SSSR count). The highest BCUT2D eigenvalue weighted by atomic mass is 15.1. The number of nitrogens with zero attached hydrogens (tertiary/aromatic N) is 3.